The van der Waals surface area contributed by atoms with E-state index in [-0.39, 0.29) is 42.8 Å². The lowest BCUT2D eigenvalue weighted by Gasteiger charge is -2.16. The van der Waals surface area contributed by atoms with Crippen LogP contribution in [0.1, 0.15) is 112 Å². The van der Waals surface area contributed by atoms with Crippen LogP contribution < -0.4 is 46.9 Å². The number of amides is 4. The Kier molecular flexibility index (Phi) is 29.3. The van der Waals surface area contributed by atoms with Gasteiger partial charge in [0.05, 0.1) is 21.3 Å². The van der Waals surface area contributed by atoms with Gasteiger partial charge in [0.2, 0.25) is 5.95 Å². The molecule has 0 radical (unpaired) electrons. The number of aromatic nitrogens is 4. The van der Waals surface area contributed by atoms with Gasteiger partial charge in [-0.1, -0.05) is 178 Å². The fraction of sp³-hybridized carbons (Fsp3) is 0.122. The summed E-state index contributed by atoms with van der Waals surface area (Å²) < 4.78 is 16.4. The van der Waals surface area contributed by atoms with Crippen LogP contribution in [0, 0.1) is 27.7 Å². The van der Waals surface area contributed by atoms with E-state index < -0.39 is 0 Å². The van der Waals surface area contributed by atoms with Crippen molar-refractivity contribution in [3.63, 3.8) is 0 Å². The van der Waals surface area contributed by atoms with E-state index in [1.54, 1.807) is 100 Å². The summed E-state index contributed by atoms with van der Waals surface area (Å²) in [6.45, 7) is 11.7. The Morgan fingerprint density at radius 3 is 1.31 bits per heavy atom. The van der Waals surface area contributed by atoms with Crippen molar-refractivity contribution in [2.24, 2.45) is 0 Å². The van der Waals surface area contributed by atoms with E-state index in [0.29, 0.717) is 74.4 Å². The molecule has 0 bridgehead atoms. The summed E-state index contributed by atoms with van der Waals surface area (Å²) in [7, 11) is 4.79. The molecule has 0 atom stereocenters. The van der Waals surface area contributed by atoms with Gasteiger partial charge in [0.1, 0.15) is 23.2 Å². The molecule has 0 aliphatic rings. The number of hydrogen-bond donors (Lipinski definition) is 6. The first-order chi connectivity index (χ1) is 51.9. The van der Waals surface area contributed by atoms with Crippen LogP contribution >= 0.6 is 0 Å². The number of pyridine rings is 2. The van der Waals surface area contributed by atoms with Crippen LogP contribution in [-0.2, 0) is 6.42 Å². The predicted molar refractivity (Wildman–Crippen MR) is 435 cm³/mol. The zero-order chi connectivity index (χ0) is 76.2. The minimum Gasteiger partial charge on any atom is -0.497 e. The second-order valence-corrected chi connectivity index (χ2v) is 24.1. The van der Waals surface area contributed by atoms with Gasteiger partial charge in [0.25, 0.3) is 23.6 Å². The molecule has 18 heteroatoms. The second kappa shape index (κ2) is 39.7. The first-order valence-corrected chi connectivity index (χ1v) is 34.5. The van der Waals surface area contributed by atoms with Crippen LogP contribution in [-0.4, -0.2) is 70.7 Å². The molecule has 0 fully saturated rings. The van der Waals surface area contributed by atoms with E-state index in [2.05, 4.69) is 53.3 Å². The van der Waals surface area contributed by atoms with Crippen LogP contribution in [0.5, 0.6) is 17.2 Å². The Morgan fingerprint density at radius 1 is 0.389 bits per heavy atom. The Labute approximate surface area is 631 Å². The lowest BCUT2D eigenvalue weighted by atomic mass is 9.94. The number of benzene rings is 10. The number of anilines is 6. The lowest BCUT2D eigenvalue weighted by molar-refractivity contribution is 0.101. The summed E-state index contributed by atoms with van der Waals surface area (Å²) in [6.07, 6.45) is 2.10. The van der Waals surface area contributed by atoms with Crippen LogP contribution in [0.25, 0.3) is 33.4 Å². The molecule has 8 N–H and O–H groups in total. The first-order valence-electron chi connectivity index (χ1n) is 34.5. The third-order valence-corrected chi connectivity index (χ3v) is 16.4. The van der Waals surface area contributed by atoms with Crippen molar-refractivity contribution >= 4 is 64.2 Å². The molecule has 3 aromatic heterocycles. The quantitative estimate of drug-likeness (QED) is 0.0437. The van der Waals surface area contributed by atoms with Crippen LogP contribution in [0.3, 0.4) is 0 Å². The number of aryl methyl sites for hydroxylation is 4. The molecule has 0 saturated carbocycles. The van der Waals surface area contributed by atoms with Crippen molar-refractivity contribution in [2.45, 2.75) is 55.4 Å². The smallest absolute Gasteiger partial charge is 0.256 e. The fourth-order valence-corrected chi connectivity index (χ4v) is 10.9. The molecule has 0 aliphatic carbocycles. The molecular formula is C90H88N10O8. The number of ether oxygens (including phenoxy) is 3. The molecule has 0 saturated heterocycles. The number of nitrogens with one attached hydrogen (secondary N) is 4. The maximum absolute atomic E-state index is 12.8. The molecule has 0 aliphatic heterocycles. The van der Waals surface area contributed by atoms with Gasteiger partial charge in [0, 0.05) is 79.9 Å². The van der Waals surface area contributed by atoms with Crippen molar-refractivity contribution < 1.29 is 38.2 Å². The predicted octanol–water partition coefficient (Wildman–Crippen LogP) is 19.2. The fourth-order valence-electron chi connectivity index (χ4n) is 10.9. The topological polar surface area (TPSA) is 265 Å². The van der Waals surface area contributed by atoms with Crippen molar-refractivity contribution in [1.82, 2.24) is 19.9 Å². The monoisotopic (exact) mass is 1440 g/mol. The van der Waals surface area contributed by atoms with Crippen LogP contribution in [0.15, 0.2) is 285 Å². The Bertz CT molecular complexity index is 5080. The number of carbonyl (C=O) groups is 5. The SMILES string of the molecule is C.CC.COc1cc(Cc2cnc(N)nc2N)cc(-c2cccc(NC(=O)c3ccc(C)cc3)c2)c1OC.COc1ccc(C(=O)c2ccccc2-c2ccccc2)cc1.Cc1ccc(C(=O)Nc2cccc(-c3ccccc3)c2)cc1.Cc1cccc(NC(=O)c2ccc(C(=O)Nc3cccc(C)n3)cc2)n1. The molecular weight excluding hydrogens is 1350 g/mol. The lowest BCUT2D eigenvalue weighted by Crippen LogP contribution is -2.15. The number of nitrogens with zero attached hydrogens (tertiary/aromatic N) is 4. The molecule has 0 spiro atoms. The first kappa shape index (κ1) is 79.8. The number of ketones is 1. The highest BCUT2D eigenvalue weighted by Crippen LogP contribution is 2.41. The number of nitrogen functional groups attached to an aromatic ring is 2. The van der Waals surface area contributed by atoms with Gasteiger partial charge in [-0.3, -0.25) is 24.0 Å². The highest BCUT2D eigenvalue weighted by molar-refractivity contribution is 6.13. The van der Waals surface area contributed by atoms with Crippen molar-refractivity contribution in [1.29, 1.82) is 0 Å². The molecule has 18 nitrogen and oxygen atoms in total. The average Bonchev–Trinajstić information content (AvgIpc) is 0.802. The van der Waals surface area contributed by atoms with E-state index in [4.69, 9.17) is 25.7 Å². The Balaban J connectivity index is 0.000000183. The number of methoxy groups -OCH3 is 3. The largest absolute Gasteiger partial charge is 0.497 e. The summed E-state index contributed by atoms with van der Waals surface area (Å²) in [5, 5.41) is 11.4. The van der Waals surface area contributed by atoms with Gasteiger partial charge in [-0.25, -0.2) is 15.0 Å². The van der Waals surface area contributed by atoms with Crippen LogP contribution in [0.4, 0.5) is 34.8 Å². The van der Waals surface area contributed by atoms with Crippen molar-refractivity contribution in [3.05, 3.63) is 352 Å². The maximum Gasteiger partial charge on any atom is 0.256 e. The third kappa shape index (κ3) is 22.6. The number of carbonyl (C=O) groups excluding carboxylic acids is 5. The van der Waals surface area contributed by atoms with Crippen LogP contribution in [0.2, 0.25) is 0 Å². The van der Waals surface area contributed by atoms with Gasteiger partial charge >= 0.3 is 0 Å². The van der Waals surface area contributed by atoms with Gasteiger partial charge < -0.3 is 46.9 Å². The van der Waals surface area contributed by atoms with E-state index in [0.717, 1.165) is 78.5 Å². The number of nitrogens with two attached hydrogens (primary N) is 2. The van der Waals surface area contributed by atoms with Gasteiger partial charge in [-0.05, 0) is 195 Å². The molecule has 546 valence electrons. The molecule has 4 amide bonds. The van der Waals surface area contributed by atoms with E-state index in [1.165, 1.54) is 0 Å². The highest BCUT2D eigenvalue weighted by Gasteiger charge is 2.19. The summed E-state index contributed by atoms with van der Waals surface area (Å²) in [6, 6.07) is 86.5. The van der Waals surface area contributed by atoms with Crippen molar-refractivity contribution in [2.75, 3.05) is 54.1 Å². The highest BCUT2D eigenvalue weighted by atomic mass is 16.5. The number of hydrogen-bond acceptors (Lipinski definition) is 14. The summed E-state index contributed by atoms with van der Waals surface area (Å²) in [5.74, 6) is 2.51. The average molecular weight is 1440 g/mol. The Hall–Kier alpha value is -13.9. The Morgan fingerprint density at radius 2 is 0.824 bits per heavy atom. The van der Waals surface area contributed by atoms with Crippen molar-refractivity contribution in [3.8, 4) is 50.6 Å². The van der Waals surface area contributed by atoms with Gasteiger partial charge in [-0.15, -0.1) is 0 Å². The third-order valence-electron chi connectivity index (χ3n) is 16.4. The minimum atomic E-state index is -0.282. The normalized spacial score (nSPS) is 10.1. The number of rotatable bonds is 18. The van der Waals surface area contributed by atoms with Gasteiger partial charge in [-0.2, -0.15) is 4.98 Å². The van der Waals surface area contributed by atoms with E-state index in [1.807, 2.05) is 236 Å². The van der Waals surface area contributed by atoms with Gasteiger partial charge in [0.15, 0.2) is 17.3 Å². The standard InChI is InChI=1S/C27H27N5O3.C20H18N4O2.C20H17NO.C20H16O2.C2H6.CH4/c1-16-7-9-18(10-8-16)26(33)31-21-6-4-5-19(14-21)22-12-17(13-23(34-2)24(22)35-3)11-20-15-30-27(29)32-25(20)28;1-13-5-3-7-17(21-13)23-19(25)15-9-11-16(12-10-15)20(26)24-18-8-4-6-14(2)22-18;1-15-10-12-17(13-11-15)20(22)21-19-9-5-8-18(14-19)16-6-3-2-4-7-16;1-22-17-13-11-16(12-14-17)20(21)19-10-6-5-9-18(19)15-7-3-2-4-8-15;1-2;/h4-10,12-15H,11H2,1-3H3,(H,31,33)(H4,28,29,30,32);3-12H,1-2H3,(H,21,23,25)(H,22,24,26);2-14H,1H3,(H,21,22);2-14H,1H3;1-2H3;1H4. The second-order valence-electron chi connectivity index (χ2n) is 24.1. The molecule has 0 unspecified atom stereocenters. The molecule has 13 rings (SSSR count). The molecule has 3 heterocycles. The summed E-state index contributed by atoms with van der Waals surface area (Å²) in [4.78, 5) is 78.9. The zero-order valence-electron chi connectivity index (χ0n) is 61.1. The summed E-state index contributed by atoms with van der Waals surface area (Å²) >= 11 is 0. The van der Waals surface area contributed by atoms with E-state index in [9.17, 15) is 24.0 Å². The van der Waals surface area contributed by atoms with E-state index >= 15 is 0 Å². The zero-order valence-corrected chi connectivity index (χ0v) is 61.1. The molecule has 108 heavy (non-hydrogen) atoms. The minimum absolute atomic E-state index is 0. The molecule has 13 aromatic rings. The summed E-state index contributed by atoms with van der Waals surface area (Å²) in [5.41, 5.74) is 28.0. The maximum atomic E-state index is 12.8. The molecule has 10 aromatic carbocycles.